The molecule has 2 aliphatic heterocycles. The molecule has 0 aromatic heterocycles. The van der Waals surface area contributed by atoms with Crippen LogP contribution in [0.2, 0.25) is 0 Å². The Morgan fingerprint density at radius 3 is 3.05 bits per heavy atom. The van der Waals surface area contributed by atoms with Gasteiger partial charge in [0, 0.05) is 19.1 Å². The van der Waals surface area contributed by atoms with Crippen molar-refractivity contribution >= 4 is 0 Å². The molecule has 3 heteroatoms. The molecule has 3 atom stereocenters. The Labute approximate surface area is 122 Å². The van der Waals surface area contributed by atoms with Crippen molar-refractivity contribution < 1.29 is 4.74 Å². The fraction of sp³-hybridized carbons (Fsp3) is 0.647. The third-order valence-corrected chi connectivity index (χ3v) is 4.77. The van der Waals surface area contributed by atoms with Gasteiger partial charge in [0.2, 0.25) is 0 Å². The number of ether oxygens (including phenoxy) is 1. The van der Waals surface area contributed by atoms with E-state index in [0.29, 0.717) is 12.0 Å². The predicted molar refractivity (Wildman–Crippen MR) is 81.9 cm³/mol. The van der Waals surface area contributed by atoms with Crippen molar-refractivity contribution in [3.8, 4) is 0 Å². The number of hydrogen-bond acceptors (Lipinski definition) is 3. The van der Waals surface area contributed by atoms with Crippen molar-refractivity contribution in [2.24, 2.45) is 5.92 Å². The highest BCUT2D eigenvalue weighted by Crippen LogP contribution is 2.27. The Morgan fingerprint density at radius 1 is 1.35 bits per heavy atom. The van der Waals surface area contributed by atoms with Gasteiger partial charge < -0.3 is 15.0 Å². The summed E-state index contributed by atoms with van der Waals surface area (Å²) in [6.07, 6.45) is 2.52. The summed E-state index contributed by atoms with van der Waals surface area (Å²) in [7, 11) is 2.22. The molecule has 2 aliphatic rings. The molecular weight excluding hydrogens is 248 g/mol. The first-order valence-electron chi connectivity index (χ1n) is 7.85. The molecule has 3 unspecified atom stereocenters. The number of likely N-dealkylation sites (tertiary alicyclic amines) is 1. The summed E-state index contributed by atoms with van der Waals surface area (Å²) in [5.74, 6) is 0.715. The molecule has 0 spiro atoms. The number of fused-ring (bicyclic) bond motifs is 1. The average Bonchev–Trinajstić information content (AvgIpc) is 2.46. The second-order valence-corrected chi connectivity index (χ2v) is 6.35. The first-order valence-corrected chi connectivity index (χ1v) is 7.85. The highest BCUT2D eigenvalue weighted by atomic mass is 16.5. The second-order valence-electron chi connectivity index (χ2n) is 6.35. The average molecular weight is 274 g/mol. The Morgan fingerprint density at radius 2 is 2.20 bits per heavy atom. The number of rotatable bonds is 3. The van der Waals surface area contributed by atoms with Crippen LogP contribution in [0, 0.1) is 5.92 Å². The molecule has 0 amide bonds. The highest BCUT2D eigenvalue weighted by molar-refractivity contribution is 5.31. The van der Waals surface area contributed by atoms with Crippen LogP contribution in [0.4, 0.5) is 0 Å². The molecule has 1 saturated heterocycles. The van der Waals surface area contributed by atoms with Crippen molar-refractivity contribution in [3.05, 3.63) is 35.4 Å². The lowest BCUT2D eigenvalue weighted by Gasteiger charge is -2.36. The van der Waals surface area contributed by atoms with Crippen LogP contribution in [0.1, 0.15) is 30.6 Å². The van der Waals surface area contributed by atoms with E-state index in [2.05, 4.69) is 48.5 Å². The lowest BCUT2D eigenvalue weighted by molar-refractivity contribution is 0.0365. The summed E-state index contributed by atoms with van der Waals surface area (Å²) in [6, 6.07) is 9.35. The summed E-state index contributed by atoms with van der Waals surface area (Å²) < 4.78 is 5.98. The van der Waals surface area contributed by atoms with E-state index in [1.165, 1.54) is 30.6 Å². The standard InChI is InChI=1S/C17H26N2O/c1-13-12-19(2)9-7-16(13)18-11-17-15-6-4-3-5-14(15)8-10-20-17/h3-6,13,16-18H,7-12H2,1-2H3. The molecule has 20 heavy (non-hydrogen) atoms. The monoisotopic (exact) mass is 274 g/mol. The summed E-state index contributed by atoms with van der Waals surface area (Å²) >= 11 is 0. The van der Waals surface area contributed by atoms with Gasteiger partial charge in [-0.2, -0.15) is 0 Å². The molecule has 2 heterocycles. The Balaban J connectivity index is 1.59. The zero-order valence-electron chi connectivity index (χ0n) is 12.6. The van der Waals surface area contributed by atoms with Gasteiger partial charge in [-0.25, -0.2) is 0 Å². The molecule has 1 aromatic rings. The first kappa shape index (κ1) is 14.1. The van der Waals surface area contributed by atoms with E-state index in [9.17, 15) is 0 Å². The van der Waals surface area contributed by atoms with E-state index in [0.717, 1.165) is 19.6 Å². The van der Waals surface area contributed by atoms with Crippen molar-refractivity contribution in [1.29, 1.82) is 0 Å². The van der Waals surface area contributed by atoms with Gasteiger partial charge in [0.1, 0.15) is 0 Å². The third-order valence-electron chi connectivity index (χ3n) is 4.77. The molecular formula is C17H26N2O. The third kappa shape index (κ3) is 3.05. The summed E-state index contributed by atoms with van der Waals surface area (Å²) in [5.41, 5.74) is 2.84. The molecule has 0 radical (unpaired) electrons. The molecule has 1 N–H and O–H groups in total. The number of hydrogen-bond donors (Lipinski definition) is 1. The van der Waals surface area contributed by atoms with Gasteiger partial charge in [-0.1, -0.05) is 31.2 Å². The molecule has 1 aromatic carbocycles. The maximum absolute atomic E-state index is 5.98. The Kier molecular flexibility index (Phi) is 4.39. The van der Waals surface area contributed by atoms with Crippen molar-refractivity contribution in [1.82, 2.24) is 10.2 Å². The lowest BCUT2D eigenvalue weighted by atomic mass is 9.93. The minimum atomic E-state index is 0.229. The topological polar surface area (TPSA) is 24.5 Å². The maximum atomic E-state index is 5.98. The number of nitrogens with one attached hydrogen (secondary N) is 1. The van der Waals surface area contributed by atoms with Crippen molar-refractivity contribution in [2.75, 3.05) is 33.3 Å². The molecule has 3 nitrogen and oxygen atoms in total. The summed E-state index contributed by atoms with van der Waals surface area (Å²) in [5, 5.41) is 3.75. The van der Waals surface area contributed by atoms with Crippen LogP contribution in [0.25, 0.3) is 0 Å². The van der Waals surface area contributed by atoms with Crippen LogP contribution in [-0.4, -0.2) is 44.2 Å². The molecule has 1 fully saturated rings. The smallest absolute Gasteiger partial charge is 0.0952 e. The van der Waals surface area contributed by atoms with Gasteiger partial charge in [-0.15, -0.1) is 0 Å². The van der Waals surface area contributed by atoms with Crippen LogP contribution >= 0.6 is 0 Å². The van der Waals surface area contributed by atoms with E-state index in [1.54, 1.807) is 0 Å². The van der Waals surface area contributed by atoms with Crippen LogP contribution in [0.3, 0.4) is 0 Å². The fourth-order valence-electron chi connectivity index (χ4n) is 3.56. The quantitative estimate of drug-likeness (QED) is 0.915. The van der Waals surface area contributed by atoms with E-state index in [-0.39, 0.29) is 6.10 Å². The van der Waals surface area contributed by atoms with Crippen LogP contribution < -0.4 is 5.32 Å². The fourth-order valence-corrected chi connectivity index (χ4v) is 3.56. The maximum Gasteiger partial charge on any atom is 0.0952 e. The SMILES string of the molecule is CC1CN(C)CCC1NCC1OCCc2ccccc21. The number of piperidine rings is 1. The van der Waals surface area contributed by atoms with Gasteiger partial charge in [0.15, 0.2) is 0 Å². The van der Waals surface area contributed by atoms with E-state index in [4.69, 9.17) is 4.74 Å². The zero-order chi connectivity index (χ0) is 13.9. The van der Waals surface area contributed by atoms with Crippen LogP contribution in [0.5, 0.6) is 0 Å². The first-order chi connectivity index (χ1) is 9.74. The molecule has 0 aliphatic carbocycles. The normalized spacial score (nSPS) is 31.0. The molecule has 0 saturated carbocycles. The van der Waals surface area contributed by atoms with Gasteiger partial charge >= 0.3 is 0 Å². The summed E-state index contributed by atoms with van der Waals surface area (Å²) in [6.45, 7) is 6.54. The van der Waals surface area contributed by atoms with Gasteiger partial charge in [-0.05, 0) is 43.5 Å². The summed E-state index contributed by atoms with van der Waals surface area (Å²) in [4.78, 5) is 2.43. The van der Waals surface area contributed by atoms with E-state index >= 15 is 0 Å². The zero-order valence-corrected chi connectivity index (χ0v) is 12.6. The predicted octanol–water partition coefficient (Wildman–Crippen LogP) is 2.23. The van der Waals surface area contributed by atoms with Crippen LogP contribution in [0.15, 0.2) is 24.3 Å². The van der Waals surface area contributed by atoms with Crippen LogP contribution in [-0.2, 0) is 11.2 Å². The second kappa shape index (κ2) is 6.25. The van der Waals surface area contributed by atoms with E-state index in [1.807, 2.05) is 0 Å². The van der Waals surface area contributed by atoms with Gasteiger partial charge in [0.25, 0.3) is 0 Å². The Hall–Kier alpha value is -0.900. The largest absolute Gasteiger partial charge is 0.372 e. The number of nitrogens with zero attached hydrogens (tertiary/aromatic N) is 1. The minimum absolute atomic E-state index is 0.229. The van der Waals surface area contributed by atoms with Gasteiger partial charge in [0.05, 0.1) is 12.7 Å². The van der Waals surface area contributed by atoms with Crippen molar-refractivity contribution in [2.45, 2.75) is 31.9 Å². The number of benzene rings is 1. The lowest BCUT2D eigenvalue weighted by Crippen LogP contribution is -2.48. The molecule has 0 bridgehead atoms. The molecule has 3 rings (SSSR count). The molecule has 110 valence electrons. The van der Waals surface area contributed by atoms with Crippen molar-refractivity contribution in [3.63, 3.8) is 0 Å². The Bertz CT molecular complexity index is 448. The highest BCUT2D eigenvalue weighted by Gasteiger charge is 2.26. The van der Waals surface area contributed by atoms with E-state index < -0.39 is 0 Å². The minimum Gasteiger partial charge on any atom is -0.372 e. The van der Waals surface area contributed by atoms with Gasteiger partial charge in [-0.3, -0.25) is 0 Å².